The summed E-state index contributed by atoms with van der Waals surface area (Å²) in [6.07, 6.45) is 3.32. The summed E-state index contributed by atoms with van der Waals surface area (Å²) < 4.78 is 10.5. The van der Waals surface area contributed by atoms with Gasteiger partial charge in [-0.3, -0.25) is 0 Å². The van der Waals surface area contributed by atoms with Crippen molar-refractivity contribution in [2.45, 2.75) is 26.2 Å². The van der Waals surface area contributed by atoms with Crippen LogP contribution in [0, 0.1) is 0 Å². The monoisotopic (exact) mass is 219 g/mol. The maximum absolute atomic E-state index is 8.45. The third-order valence-electron chi connectivity index (χ3n) is 1.94. The first-order valence-corrected chi connectivity index (χ1v) is 5.89. The van der Waals surface area contributed by atoms with Gasteiger partial charge in [-0.2, -0.15) is 0 Å². The summed E-state index contributed by atoms with van der Waals surface area (Å²) in [7, 11) is 0. The number of nitrogens with one attached hydrogen (secondary N) is 1. The van der Waals surface area contributed by atoms with Crippen LogP contribution in [0.3, 0.4) is 0 Å². The van der Waals surface area contributed by atoms with Crippen molar-refractivity contribution in [2.24, 2.45) is 0 Å². The van der Waals surface area contributed by atoms with E-state index in [1.807, 2.05) is 0 Å². The molecule has 0 aromatic rings. The van der Waals surface area contributed by atoms with Crippen molar-refractivity contribution < 1.29 is 14.6 Å². The fourth-order valence-electron chi connectivity index (χ4n) is 1.08. The van der Waals surface area contributed by atoms with Gasteiger partial charge in [0.15, 0.2) is 0 Å². The molecule has 0 aliphatic rings. The van der Waals surface area contributed by atoms with Crippen molar-refractivity contribution in [3.05, 3.63) is 0 Å². The molecule has 0 amide bonds. The number of aliphatic hydroxyl groups is 1. The third kappa shape index (κ3) is 13.8. The number of hydrogen-bond donors (Lipinski definition) is 2. The lowest BCUT2D eigenvalue weighted by atomic mass is 10.4. The van der Waals surface area contributed by atoms with Gasteiger partial charge in [0.25, 0.3) is 0 Å². The number of hydrogen-bond acceptors (Lipinski definition) is 4. The van der Waals surface area contributed by atoms with Crippen molar-refractivity contribution in [1.82, 2.24) is 5.32 Å². The van der Waals surface area contributed by atoms with Gasteiger partial charge in [-0.15, -0.1) is 0 Å². The summed E-state index contributed by atoms with van der Waals surface area (Å²) in [5, 5.41) is 11.7. The minimum Gasteiger partial charge on any atom is -0.394 e. The molecule has 92 valence electrons. The Labute approximate surface area is 93.0 Å². The van der Waals surface area contributed by atoms with Gasteiger partial charge in [-0.05, 0) is 19.4 Å². The SMILES string of the molecule is CCCCOCCNCCCOCCO. The average Bonchev–Trinajstić information content (AvgIpc) is 2.26. The molecule has 0 fully saturated rings. The Bertz CT molecular complexity index is 100. The number of ether oxygens (including phenoxy) is 2. The molecule has 0 spiro atoms. The van der Waals surface area contributed by atoms with Gasteiger partial charge in [-0.25, -0.2) is 0 Å². The van der Waals surface area contributed by atoms with Crippen molar-refractivity contribution in [2.75, 3.05) is 46.1 Å². The fourth-order valence-corrected chi connectivity index (χ4v) is 1.08. The first-order chi connectivity index (χ1) is 7.41. The van der Waals surface area contributed by atoms with E-state index in [2.05, 4.69) is 12.2 Å². The van der Waals surface area contributed by atoms with Crippen molar-refractivity contribution in [3.8, 4) is 0 Å². The van der Waals surface area contributed by atoms with Gasteiger partial charge < -0.3 is 19.9 Å². The molecule has 0 saturated heterocycles. The van der Waals surface area contributed by atoms with E-state index in [1.165, 1.54) is 6.42 Å². The maximum Gasteiger partial charge on any atom is 0.0697 e. The van der Waals surface area contributed by atoms with E-state index >= 15 is 0 Å². The zero-order valence-electron chi connectivity index (χ0n) is 9.83. The van der Waals surface area contributed by atoms with Crippen molar-refractivity contribution in [3.63, 3.8) is 0 Å². The molecule has 4 nitrogen and oxygen atoms in total. The average molecular weight is 219 g/mol. The predicted octanol–water partition coefficient (Wildman–Crippen LogP) is 0.792. The smallest absolute Gasteiger partial charge is 0.0697 e. The Kier molecular flexibility index (Phi) is 13.7. The van der Waals surface area contributed by atoms with E-state index in [0.29, 0.717) is 13.2 Å². The molecule has 2 N–H and O–H groups in total. The Morgan fingerprint density at radius 1 is 0.933 bits per heavy atom. The summed E-state index contributed by atoms with van der Waals surface area (Å²) in [5.41, 5.74) is 0. The first-order valence-electron chi connectivity index (χ1n) is 5.89. The zero-order chi connectivity index (χ0) is 11.2. The highest BCUT2D eigenvalue weighted by Gasteiger charge is 1.90. The van der Waals surface area contributed by atoms with Crippen LogP contribution in [0.1, 0.15) is 26.2 Å². The normalized spacial score (nSPS) is 10.8. The molecule has 0 aromatic carbocycles. The van der Waals surface area contributed by atoms with E-state index in [-0.39, 0.29) is 6.61 Å². The summed E-state index contributed by atoms with van der Waals surface area (Å²) in [6.45, 7) is 6.94. The molecule has 0 aliphatic carbocycles. The second kappa shape index (κ2) is 13.8. The lowest BCUT2D eigenvalue weighted by Crippen LogP contribution is -2.22. The lowest BCUT2D eigenvalue weighted by Gasteiger charge is -2.06. The van der Waals surface area contributed by atoms with Crippen LogP contribution in [0.25, 0.3) is 0 Å². The van der Waals surface area contributed by atoms with Gasteiger partial charge in [0.05, 0.1) is 19.8 Å². The molecule has 15 heavy (non-hydrogen) atoms. The van der Waals surface area contributed by atoms with E-state index in [9.17, 15) is 0 Å². The second-order valence-electron chi connectivity index (χ2n) is 3.41. The maximum atomic E-state index is 8.45. The minimum absolute atomic E-state index is 0.110. The largest absolute Gasteiger partial charge is 0.394 e. The number of unbranched alkanes of at least 4 members (excludes halogenated alkanes) is 1. The molecule has 0 rings (SSSR count). The lowest BCUT2D eigenvalue weighted by molar-refractivity contribution is 0.0899. The molecule has 4 heteroatoms. The zero-order valence-corrected chi connectivity index (χ0v) is 9.83. The van der Waals surface area contributed by atoms with Gasteiger partial charge in [0, 0.05) is 19.8 Å². The molecule has 0 aliphatic heterocycles. The van der Waals surface area contributed by atoms with Gasteiger partial charge in [0.1, 0.15) is 0 Å². The van der Waals surface area contributed by atoms with Crippen LogP contribution in [0.2, 0.25) is 0 Å². The van der Waals surface area contributed by atoms with Crippen LogP contribution in [-0.4, -0.2) is 51.2 Å². The van der Waals surface area contributed by atoms with Crippen molar-refractivity contribution >= 4 is 0 Å². The van der Waals surface area contributed by atoms with Crippen LogP contribution < -0.4 is 5.32 Å². The van der Waals surface area contributed by atoms with Crippen LogP contribution >= 0.6 is 0 Å². The Morgan fingerprint density at radius 2 is 1.67 bits per heavy atom. The topological polar surface area (TPSA) is 50.7 Å². The van der Waals surface area contributed by atoms with E-state index in [4.69, 9.17) is 14.6 Å². The quantitative estimate of drug-likeness (QED) is 0.477. The number of rotatable bonds is 12. The summed E-state index contributed by atoms with van der Waals surface area (Å²) in [6, 6.07) is 0. The third-order valence-corrected chi connectivity index (χ3v) is 1.94. The van der Waals surface area contributed by atoms with Crippen molar-refractivity contribution in [1.29, 1.82) is 0 Å². The molecule has 0 aromatic heterocycles. The highest BCUT2D eigenvalue weighted by atomic mass is 16.5. The molecule has 0 unspecified atom stereocenters. The van der Waals surface area contributed by atoms with Gasteiger partial charge in [0.2, 0.25) is 0 Å². The second-order valence-corrected chi connectivity index (χ2v) is 3.41. The summed E-state index contributed by atoms with van der Waals surface area (Å²) >= 11 is 0. The molecule has 0 saturated carbocycles. The van der Waals surface area contributed by atoms with Gasteiger partial charge in [-0.1, -0.05) is 13.3 Å². The van der Waals surface area contributed by atoms with Crippen LogP contribution in [0.5, 0.6) is 0 Å². The molecule has 0 radical (unpaired) electrons. The van der Waals surface area contributed by atoms with Gasteiger partial charge >= 0.3 is 0 Å². The first kappa shape index (κ1) is 14.8. The van der Waals surface area contributed by atoms with E-state index < -0.39 is 0 Å². The standard InChI is InChI=1S/C11H25NO3/c1-2-3-8-14-10-6-12-5-4-9-15-11-7-13/h12-13H,2-11H2,1H3. The molecule has 0 atom stereocenters. The minimum atomic E-state index is 0.110. The Balaban J connectivity index is 2.81. The Hall–Kier alpha value is -0.160. The van der Waals surface area contributed by atoms with Crippen LogP contribution in [0.4, 0.5) is 0 Å². The number of aliphatic hydroxyl groups excluding tert-OH is 1. The van der Waals surface area contributed by atoms with E-state index in [1.54, 1.807) is 0 Å². The molecule has 0 heterocycles. The molecular weight excluding hydrogens is 194 g/mol. The summed E-state index contributed by atoms with van der Waals surface area (Å²) in [5.74, 6) is 0. The summed E-state index contributed by atoms with van der Waals surface area (Å²) in [4.78, 5) is 0. The predicted molar refractivity (Wildman–Crippen MR) is 61.1 cm³/mol. The molecular formula is C11H25NO3. The van der Waals surface area contributed by atoms with E-state index in [0.717, 1.165) is 39.1 Å². The van der Waals surface area contributed by atoms with Crippen LogP contribution in [0.15, 0.2) is 0 Å². The van der Waals surface area contributed by atoms with Crippen LogP contribution in [-0.2, 0) is 9.47 Å². The Morgan fingerprint density at radius 3 is 2.40 bits per heavy atom. The highest BCUT2D eigenvalue weighted by Crippen LogP contribution is 1.86. The highest BCUT2D eigenvalue weighted by molar-refractivity contribution is 4.46. The fraction of sp³-hybridized carbons (Fsp3) is 1.00. The molecule has 0 bridgehead atoms.